The highest BCUT2D eigenvalue weighted by atomic mass is 16.6. The number of aromatic nitrogens is 2. The summed E-state index contributed by atoms with van der Waals surface area (Å²) < 4.78 is 5.15. The smallest absolute Gasteiger partial charge is 0.407 e. The summed E-state index contributed by atoms with van der Waals surface area (Å²) >= 11 is 0. The van der Waals surface area contributed by atoms with Gasteiger partial charge in [0, 0.05) is 54.4 Å². The molecule has 0 bridgehead atoms. The van der Waals surface area contributed by atoms with Crippen LogP contribution in [0.3, 0.4) is 0 Å². The Morgan fingerprint density at radius 3 is 2.71 bits per heavy atom. The number of hydrogen-bond donors (Lipinski definition) is 1. The van der Waals surface area contributed by atoms with Crippen molar-refractivity contribution < 1.29 is 9.53 Å². The second-order valence-electron chi connectivity index (χ2n) is 6.18. The largest absolute Gasteiger partial charge is 0.444 e. The molecule has 124 valence electrons. The summed E-state index contributed by atoms with van der Waals surface area (Å²) in [6.45, 7) is 5.93. The molecule has 1 amide bonds. The topological polar surface area (TPSA) is 64.1 Å². The molecule has 0 aromatic carbocycles. The number of nitrogens with one attached hydrogen (secondary N) is 1. The van der Waals surface area contributed by atoms with Crippen LogP contribution in [0.5, 0.6) is 0 Å². The van der Waals surface area contributed by atoms with Gasteiger partial charge < -0.3 is 10.1 Å². The van der Waals surface area contributed by atoms with Crippen molar-refractivity contribution in [3.63, 3.8) is 0 Å². The van der Waals surface area contributed by atoms with Gasteiger partial charge in [-0.3, -0.25) is 9.97 Å². The van der Waals surface area contributed by atoms with Gasteiger partial charge in [-0.05, 0) is 32.9 Å². The van der Waals surface area contributed by atoms with E-state index in [-0.39, 0.29) is 0 Å². The van der Waals surface area contributed by atoms with Gasteiger partial charge in [-0.25, -0.2) is 4.79 Å². The Balaban J connectivity index is 1.87. The summed E-state index contributed by atoms with van der Waals surface area (Å²) in [4.78, 5) is 19.8. The molecule has 1 N–H and O–H groups in total. The molecule has 2 aromatic heterocycles. The van der Waals surface area contributed by atoms with Crippen LogP contribution in [0.15, 0.2) is 43.0 Å². The van der Waals surface area contributed by atoms with Crippen molar-refractivity contribution in [3.8, 4) is 23.0 Å². The first kappa shape index (κ1) is 17.5. The zero-order valence-corrected chi connectivity index (χ0v) is 14.2. The van der Waals surface area contributed by atoms with Crippen LogP contribution < -0.4 is 5.32 Å². The minimum atomic E-state index is -0.492. The van der Waals surface area contributed by atoms with Crippen LogP contribution in [-0.4, -0.2) is 28.2 Å². The highest BCUT2D eigenvalue weighted by Crippen LogP contribution is 2.17. The van der Waals surface area contributed by atoms with Gasteiger partial charge >= 0.3 is 6.09 Å². The summed E-state index contributed by atoms with van der Waals surface area (Å²) in [5, 5.41) is 2.68. The lowest BCUT2D eigenvalue weighted by Gasteiger charge is -2.19. The number of amides is 1. The lowest BCUT2D eigenvalue weighted by atomic mass is 10.1. The molecule has 0 aliphatic carbocycles. The number of ether oxygens (including phenoxy) is 1. The van der Waals surface area contributed by atoms with Crippen molar-refractivity contribution in [2.24, 2.45) is 0 Å². The number of hydrogen-bond acceptors (Lipinski definition) is 4. The molecule has 0 aliphatic rings. The maximum absolute atomic E-state index is 11.5. The third kappa shape index (κ3) is 6.09. The molecule has 0 spiro atoms. The van der Waals surface area contributed by atoms with Gasteiger partial charge in [-0.1, -0.05) is 17.9 Å². The molecule has 0 fully saturated rings. The SMILES string of the molecule is CC(C)(C)OC(=O)NCCC#Cc1cncc(-c2cccnc2)c1. The van der Waals surface area contributed by atoms with Gasteiger partial charge in [-0.2, -0.15) is 0 Å². The first-order valence-corrected chi connectivity index (χ1v) is 7.75. The first-order chi connectivity index (χ1) is 11.4. The van der Waals surface area contributed by atoms with E-state index < -0.39 is 11.7 Å². The van der Waals surface area contributed by atoms with E-state index >= 15 is 0 Å². The second kappa shape index (κ2) is 8.11. The molecule has 2 rings (SSSR count). The van der Waals surface area contributed by atoms with Crippen LogP contribution >= 0.6 is 0 Å². The molecule has 5 heteroatoms. The Hall–Kier alpha value is -2.87. The Kier molecular flexibility index (Phi) is 5.91. The summed E-state index contributed by atoms with van der Waals surface area (Å²) in [7, 11) is 0. The predicted molar refractivity (Wildman–Crippen MR) is 93.2 cm³/mol. The van der Waals surface area contributed by atoms with E-state index in [0.717, 1.165) is 16.7 Å². The first-order valence-electron chi connectivity index (χ1n) is 7.75. The zero-order valence-electron chi connectivity index (χ0n) is 14.2. The average Bonchev–Trinajstić information content (AvgIpc) is 2.54. The van der Waals surface area contributed by atoms with E-state index in [0.29, 0.717) is 13.0 Å². The standard InChI is InChI=1S/C19H21N3O2/c1-19(2,3)24-18(23)22-10-5-4-7-15-11-17(14-21-12-15)16-8-6-9-20-13-16/h6,8-9,11-14H,5,10H2,1-3H3,(H,22,23). The fourth-order valence-corrected chi connectivity index (χ4v) is 1.91. The van der Waals surface area contributed by atoms with E-state index in [1.54, 1.807) is 24.8 Å². The van der Waals surface area contributed by atoms with Crippen LogP contribution in [0.1, 0.15) is 32.8 Å². The number of nitrogens with zero attached hydrogens (tertiary/aromatic N) is 2. The Bertz CT molecular complexity index is 740. The number of alkyl carbamates (subject to hydrolysis) is 1. The van der Waals surface area contributed by atoms with E-state index in [9.17, 15) is 4.79 Å². The molecule has 5 nitrogen and oxygen atoms in total. The third-order valence-corrected chi connectivity index (χ3v) is 2.88. The zero-order chi connectivity index (χ0) is 17.4. The fraction of sp³-hybridized carbons (Fsp3) is 0.316. The Morgan fingerprint density at radius 1 is 1.21 bits per heavy atom. The molecule has 0 radical (unpaired) electrons. The van der Waals surface area contributed by atoms with Crippen LogP contribution in [-0.2, 0) is 4.74 Å². The Labute approximate surface area is 142 Å². The second-order valence-corrected chi connectivity index (χ2v) is 6.18. The van der Waals surface area contributed by atoms with E-state index in [2.05, 4.69) is 27.1 Å². The molecular formula is C19H21N3O2. The van der Waals surface area contributed by atoms with Crippen molar-refractivity contribution in [2.45, 2.75) is 32.8 Å². The molecule has 0 saturated carbocycles. The van der Waals surface area contributed by atoms with Gasteiger partial charge in [0.15, 0.2) is 0 Å². The number of carbonyl (C=O) groups is 1. The molecule has 2 aromatic rings. The van der Waals surface area contributed by atoms with E-state index in [1.165, 1.54) is 0 Å². The highest BCUT2D eigenvalue weighted by molar-refractivity contribution is 5.67. The summed E-state index contributed by atoms with van der Waals surface area (Å²) in [6, 6.07) is 5.83. The van der Waals surface area contributed by atoms with Crippen molar-refractivity contribution in [2.75, 3.05) is 6.54 Å². The molecule has 0 unspecified atom stereocenters. The van der Waals surface area contributed by atoms with Crippen molar-refractivity contribution in [1.29, 1.82) is 0 Å². The van der Waals surface area contributed by atoms with Gasteiger partial charge in [0.1, 0.15) is 5.60 Å². The molecule has 24 heavy (non-hydrogen) atoms. The van der Waals surface area contributed by atoms with Crippen molar-refractivity contribution in [3.05, 3.63) is 48.5 Å². The van der Waals surface area contributed by atoms with Crippen molar-refractivity contribution >= 4 is 6.09 Å². The van der Waals surface area contributed by atoms with Gasteiger partial charge in [0.2, 0.25) is 0 Å². The van der Waals surface area contributed by atoms with Crippen LogP contribution in [0.2, 0.25) is 0 Å². The molecule has 2 heterocycles. The summed E-state index contributed by atoms with van der Waals surface area (Å²) in [6.07, 6.45) is 7.14. The van der Waals surface area contributed by atoms with Crippen molar-refractivity contribution in [1.82, 2.24) is 15.3 Å². The van der Waals surface area contributed by atoms with E-state index in [1.807, 2.05) is 39.0 Å². The van der Waals surface area contributed by atoms with Gasteiger partial charge in [0.25, 0.3) is 0 Å². The minimum Gasteiger partial charge on any atom is -0.444 e. The number of pyridine rings is 2. The predicted octanol–water partition coefficient (Wildman–Crippen LogP) is 3.41. The van der Waals surface area contributed by atoms with Crippen LogP contribution in [0, 0.1) is 11.8 Å². The average molecular weight is 323 g/mol. The maximum atomic E-state index is 11.5. The maximum Gasteiger partial charge on any atom is 0.407 e. The molecule has 0 aliphatic heterocycles. The van der Waals surface area contributed by atoms with Crippen LogP contribution in [0.4, 0.5) is 4.79 Å². The quantitative estimate of drug-likeness (QED) is 0.694. The highest BCUT2D eigenvalue weighted by Gasteiger charge is 2.15. The number of carbonyl (C=O) groups excluding carboxylic acids is 1. The van der Waals surface area contributed by atoms with E-state index in [4.69, 9.17) is 4.74 Å². The number of rotatable bonds is 3. The Morgan fingerprint density at radius 2 is 2.00 bits per heavy atom. The lowest BCUT2D eigenvalue weighted by molar-refractivity contribution is 0.0529. The third-order valence-electron chi connectivity index (χ3n) is 2.88. The fourth-order valence-electron chi connectivity index (χ4n) is 1.91. The lowest BCUT2D eigenvalue weighted by Crippen LogP contribution is -2.32. The van der Waals surface area contributed by atoms with Gasteiger partial charge in [-0.15, -0.1) is 0 Å². The summed E-state index contributed by atoms with van der Waals surface area (Å²) in [5.41, 5.74) is 2.31. The van der Waals surface area contributed by atoms with Crippen LogP contribution in [0.25, 0.3) is 11.1 Å². The monoisotopic (exact) mass is 323 g/mol. The normalized spacial score (nSPS) is 10.5. The summed E-state index contributed by atoms with van der Waals surface area (Å²) in [5.74, 6) is 6.07. The molecule has 0 atom stereocenters. The molecular weight excluding hydrogens is 302 g/mol. The molecule has 0 saturated heterocycles. The van der Waals surface area contributed by atoms with Gasteiger partial charge in [0.05, 0.1) is 0 Å². The minimum absolute atomic E-state index is 0.426.